The molecule has 0 heterocycles. The van der Waals surface area contributed by atoms with E-state index in [1.54, 1.807) is 24.3 Å². The quantitative estimate of drug-likeness (QED) is 0.338. The maximum Gasteiger partial charge on any atom is 0.283 e. The molecule has 0 aliphatic carbocycles. The number of benzene rings is 3. The Labute approximate surface area is 202 Å². The first-order valence-electron chi connectivity index (χ1n) is 9.68. The van der Waals surface area contributed by atoms with E-state index in [2.05, 4.69) is 10.6 Å². The average Bonchev–Trinajstić information content (AvgIpc) is 2.81. The lowest BCUT2D eigenvalue weighted by Crippen LogP contribution is -2.24. The molecule has 174 valence electrons. The molecule has 3 aromatic rings. The van der Waals surface area contributed by atoms with Crippen LogP contribution in [-0.4, -0.2) is 21.7 Å². The Kier molecular flexibility index (Phi) is 7.77. The van der Waals surface area contributed by atoms with Crippen molar-refractivity contribution in [3.8, 4) is 0 Å². The van der Waals surface area contributed by atoms with E-state index >= 15 is 0 Å². The lowest BCUT2D eigenvalue weighted by Gasteiger charge is -2.09. The smallest absolute Gasteiger partial charge is 0.283 e. The molecule has 10 nitrogen and oxygen atoms in total. The molecule has 0 aromatic heterocycles. The van der Waals surface area contributed by atoms with Gasteiger partial charge in [-0.1, -0.05) is 47.5 Å². The second-order valence-corrected chi connectivity index (χ2v) is 7.89. The molecular weight excluding hydrogens is 487 g/mol. The first-order valence-corrected chi connectivity index (χ1v) is 10.4. The third-order valence-corrected chi connectivity index (χ3v) is 5.20. The minimum absolute atomic E-state index is 0.106. The SMILES string of the molecule is O=C(NCc1ccc(CNC(=O)c2ccc(Cl)cc2[N+](=O)[O-])cc1)c1ccc(Cl)cc1[N+](=O)[O-]. The molecule has 0 aliphatic heterocycles. The highest BCUT2D eigenvalue weighted by atomic mass is 35.5. The van der Waals surface area contributed by atoms with Crippen molar-refractivity contribution in [2.75, 3.05) is 0 Å². The molecule has 0 saturated carbocycles. The first kappa shape index (κ1) is 24.6. The number of halogens is 2. The number of hydrogen-bond acceptors (Lipinski definition) is 6. The van der Waals surface area contributed by atoms with Gasteiger partial charge in [0.2, 0.25) is 0 Å². The average molecular weight is 503 g/mol. The minimum Gasteiger partial charge on any atom is -0.348 e. The van der Waals surface area contributed by atoms with Crippen molar-refractivity contribution in [2.45, 2.75) is 13.1 Å². The van der Waals surface area contributed by atoms with Gasteiger partial charge in [0.05, 0.1) is 9.85 Å². The number of amides is 2. The Morgan fingerprint density at radius 3 is 1.35 bits per heavy atom. The summed E-state index contributed by atoms with van der Waals surface area (Å²) in [4.78, 5) is 45.7. The minimum atomic E-state index is -0.678. The van der Waals surface area contributed by atoms with E-state index in [1.165, 1.54) is 24.3 Å². The molecule has 3 rings (SSSR count). The largest absolute Gasteiger partial charge is 0.348 e. The molecule has 2 N–H and O–H groups in total. The molecular formula is C22H16Cl2N4O6. The van der Waals surface area contributed by atoms with E-state index in [9.17, 15) is 29.8 Å². The van der Waals surface area contributed by atoms with Gasteiger partial charge >= 0.3 is 0 Å². The number of nitrogens with one attached hydrogen (secondary N) is 2. The predicted molar refractivity (Wildman–Crippen MR) is 125 cm³/mol. The van der Waals surface area contributed by atoms with Crippen LogP contribution in [0.5, 0.6) is 0 Å². The summed E-state index contributed by atoms with van der Waals surface area (Å²) in [5, 5.41) is 27.8. The lowest BCUT2D eigenvalue weighted by atomic mass is 10.1. The van der Waals surface area contributed by atoms with Gasteiger partial charge < -0.3 is 10.6 Å². The van der Waals surface area contributed by atoms with Gasteiger partial charge in [-0.05, 0) is 35.4 Å². The molecule has 0 bridgehead atoms. The normalized spacial score (nSPS) is 10.4. The van der Waals surface area contributed by atoms with Crippen molar-refractivity contribution < 1.29 is 19.4 Å². The molecule has 0 fully saturated rings. The first-order chi connectivity index (χ1) is 16.2. The number of nitrogens with zero attached hydrogens (tertiary/aromatic N) is 2. The summed E-state index contributed by atoms with van der Waals surface area (Å²) in [6, 6.07) is 14.4. The third-order valence-electron chi connectivity index (χ3n) is 4.73. The van der Waals surface area contributed by atoms with Crippen LogP contribution < -0.4 is 10.6 Å². The lowest BCUT2D eigenvalue weighted by molar-refractivity contribution is -0.385. The van der Waals surface area contributed by atoms with Gasteiger partial charge in [-0.25, -0.2) is 0 Å². The van der Waals surface area contributed by atoms with Crippen molar-refractivity contribution in [1.82, 2.24) is 10.6 Å². The van der Waals surface area contributed by atoms with Crippen molar-refractivity contribution in [1.29, 1.82) is 0 Å². The monoisotopic (exact) mass is 502 g/mol. The van der Waals surface area contributed by atoms with Gasteiger partial charge in [0.25, 0.3) is 23.2 Å². The van der Waals surface area contributed by atoms with E-state index in [0.717, 1.165) is 12.1 Å². The summed E-state index contributed by atoms with van der Waals surface area (Å²) < 4.78 is 0. The molecule has 0 saturated heterocycles. The summed E-state index contributed by atoms with van der Waals surface area (Å²) in [7, 11) is 0. The second-order valence-electron chi connectivity index (χ2n) is 7.02. The molecule has 0 unspecified atom stereocenters. The van der Waals surface area contributed by atoms with Crippen LogP contribution >= 0.6 is 23.2 Å². The summed E-state index contributed by atoms with van der Waals surface area (Å²) in [5.41, 5.74) is 0.436. The molecule has 2 amide bonds. The van der Waals surface area contributed by atoms with Crippen LogP contribution in [0.4, 0.5) is 11.4 Å². The van der Waals surface area contributed by atoms with Gasteiger partial charge in [0, 0.05) is 35.3 Å². The fourth-order valence-corrected chi connectivity index (χ4v) is 3.36. The number of hydrogen-bond donors (Lipinski definition) is 2. The van der Waals surface area contributed by atoms with E-state index in [0.29, 0.717) is 11.1 Å². The Hall–Kier alpha value is -4.02. The molecule has 12 heteroatoms. The van der Waals surface area contributed by atoms with Gasteiger partial charge in [0.1, 0.15) is 11.1 Å². The molecule has 0 aliphatic rings. The Morgan fingerprint density at radius 1 is 0.676 bits per heavy atom. The Morgan fingerprint density at radius 2 is 1.03 bits per heavy atom. The highest BCUT2D eigenvalue weighted by molar-refractivity contribution is 6.31. The van der Waals surface area contributed by atoms with Gasteiger partial charge in [0.15, 0.2) is 0 Å². The maximum absolute atomic E-state index is 12.4. The van der Waals surface area contributed by atoms with E-state index in [1.807, 2.05) is 0 Å². The molecule has 0 radical (unpaired) electrons. The topological polar surface area (TPSA) is 144 Å². The van der Waals surface area contributed by atoms with Crippen molar-refractivity contribution in [2.24, 2.45) is 0 Å². The van der Waals surface area contributed by atoms with Crippen molar-refractivity contribution in [3.63, 3.8) is 0 Å². The zero-order valence-electron chi connectivity index (χ0n) is 17.3. The second kappa shape index (κ2) is 10.7. The fraction of sp³-hybridized carbons (Fsp3) is 0.0909. The van der Waals surface area contributed by atoms with Crippen LogP contribution in [0.25, 0.3) is 0 Å². The Balaban J connectivity index is 1.59. The highest BCUT2D eigenvalue weighted by Crippen LogP contribution is 2.24. The molecule has 0 spiro atoms. The van der Waals surface area contributed by atoms with Crippen molar-refractivity contribution in [3.05, 3.63) is 113 Å². The maximum atomic E-state index is 12.4. The fourth-order valence-electron chi connectivity index (χ4n) is 3.03. The van der Waals surface area contributed by atoms with Gasteiger partial charge in [-0.3, -0.25) is 29.8 Å². The van der Waals surface area contributed by atoms with Gasteiger partial charge in [-0.15, -0.1) is 0 Å². The molecule has 0 atom stereocenters. The van der Waals surface area contributed by atoms with Crippen LogP contribution in [0.3, 0.4) is 0 Å². The van der Waals surface area contributed by atoms with Crippen LogP contribution in [0, 0.1) is 20.2 Å². The highest BCUT2D eigenvalue weighted by Gasteiger charge is 2.21. The van der Waals surface area contributed by atoms with Crippen molar-refractivity contribution >= 4 is 46.4 Å². The summed E-state index contributed by atoms with van der Waals surface area (Å²) in [6.07, 6.45) is 0. The molecule has 34 heavy (non-hydrogen) atoms. The van der Waals surface area contributed by atoms with Crippen LogP contribution in [0.1, 0.15) is 31.8 Å². The predicted octanol–water partition coefficient (Wildman–Crippen LogP) is 4.67. The van der Waals surface area contributed by atoms with Gasteiger partial charge in [-0.2, -0.15) is 0 Å². The number of nitro benzene ring substituents is 2. The number of carbonyl (C=O) groups is 2. The Bertz CT molecular complexity index is 1180. The van der Waals surface area contributed by atoms with Crippen LogP contribution in [0.2, 0.25) is 10.0 Å². The van der Waals surface area contributed by atoms with E-state index in [-0.39, 0.29) is 34.3 Å². The van der Waals surface area contributed by atoms with E-state index in [4.69, 9.17) is 23.2 Å². The standard InChI is InChI=1S/C22H16Cl2N4O6/c23-15-5-7-17(19(9-15)27(31)32)21(29)25-11-13-1-2-14(4-3-13)12-26-22(30)18-8-6-16(24)10-20(18)28(33)34/h1-10H,11-12H2,(H,25,29)(H,26,30). The summed E-state index contributed by atoms with van der Waals surface area (Å²) in [5.74, 6) is -1.24. The third kappa shape index (κ3) is 6.06. The number of rotatable bonds is 8. The van der Waals surface area contributed by atoms with E-state index < -0.39 is 33.0 Å². The zero-order valence-corrected chi connectivity index (χ0v) is 18.8. The van der Waals surface area contributed by atoms with Crippen LogP contribution in [-0.2, 0) is 13.1 Å². The summed E-state index contributed by atoms with van der Waals surface area (Å²) in [6.45, 7) is 0.227. The number of nitro groups is 2. The zero-order chi connectivity index (χ0) is 24.8. The summed E-state index contributed by atoms with van der Waals surface area (Å²) >= 11 is 11.5. The van der Waals surface area contributed by atoms with Crippen LogP contribution in [0.15, 0.2) is 60.7 Å². The molecule has 3 aromatic carbocycles. The number of carbonyl (C=O) groups excluding carboxylic acids is 2.